The van der Waals surface area contributed by atoms with Crippen molar-refractivity contribution in [3.8, 4) is 0 Å². The average molecular weight is 470 g/mol. The zero-order valence-electron chi connectivity index (χ0n) is 19.1. The summed E-state index contributed by atoms with van der Waals surface area (Å²) in [5, 5.41) is 3.42. The fourth-order valence-corrected chi connectivity index (χ4v) is 5.18. The topological polar surface area (TPSA) is 106 Å². The Bertz CT molecular complexity index is 1300. The number of carbonyl (C=O) groups excluding carboxylic acids is 2. The fourth-order valence-electron chi connectivity index (χ4n) is 3.68. The second-order valence-corrected chi connectivity index (χ2v) is 9.39. The summed E-state index contributed by atoms with van der Waals surface area (Å²) >= 11 is 0. The molecule has 1 N–H and O–H groups in total. The number of rotatable bonds is 8. The number of carbonyl (C=O) groups is 2. The van der Waals surface area contributed by atoms with Gasteiger partial charge in [-0.2, -0.15) is 4.31 Å². The average Bonchev–Trinajstić information content (AvgIpc) is 2.78. The van der Waals surface area contributed by atoms with Gasteiger partial charge in [0.1, 0.15) is 0 Å². The Morgan fingerprint density at radius 3 is 2.42 bits per heavy atom. The van der Waals surface area contributed by atoms with Crippen LogP contribution < -0.4 is 5.32 Å². The summed E-state index contributed by atoms with van der Waals surface area (Å²) in [5.74, 6) is -1.22. The van der Waals surface area contributed by atoms with Gasteiger partial charge in [0.05, 0.1) is 21.7 Å². The molecule has 1 aromatic heterocycles. The first-order valence-electron chi connectivity index (χ1n) is 10.6. The minimum atomic E-state index is -3.66. The summed E-state index contributed by atoms with van der Waals surface area (Å²) < 4.78 is 32.0. The van der Waals surface area contributed by atoms with Gasteiger partial charge in [0.2, 0.25) is 10.0 Å². The van der Waals surface area contributed by atoms with Crippen LogP contribution in [0.5, 0.6) is 0 Å². The summed E-state index contributed by atoms with van der Waals surface area (Å²) in [5.41, 5.74) is 2.66. The van der Waals surface area contributed by atoms with Crippen LogP contribution >= 0.6 is 0 Å². The lowest BCUT2D eigenvalue weighted by atomic mass is 10.0. The molecule has 3 rings (SSSR count). The molecule has 0 saturated heterocycles. The van der Waals surface area contributed by atoms with E-state index >= 15 is 0 Å². The molecule has 8 nitrogen and oxygen atoms in total. The lowest BCUT2D eigenvalue weighted by Crippen LogP contribution is -2.30. The van der Waals surface area contributed by atoms with Crippen LogP contribution in [0.15, 0.2) is 53.4 Å². The summed E-state index contributed by atoms with van der Waals surface area (Å²) in [6.45, 7) is 7.22. The van der Waals surface area contributed by atoms with Crippen LogP contribution in [0.25, 0.3) is 10.9 Å². The minimum absolute atomic E-state index is 0.0782. The number of nitrogens with zero attached hydrogens (tertiary/aromatic N) is 2. The molecular weight excluding hydrogens is 442 g/mol. The molecule has 1 amide bonds. The number of aryl methyl sites for hydroxylation is 2. The van der Waals surface area contributed by atoms with Gasteiger partial charge >= 0.3 is 5.97 Å². The number of ether oxygens (including phenoxy) is 1. The van der Waals surface area contributed by atoms with Gasteiger partial charge in [-0.1, -0.05) is 38.1 Å². The van der Waals surface area contributed by atoms with Crippen LogP contribution in [0.1, 0.15) is 35.5 Å². The zero-order chi connectivity index (χ0) is 24.2. The second kappa shape index (κ2) is 10.1. The van der Waals surface area contributed by atoms with Crippen LogP contribution in [-0.4, -0.2) is 49.3 Å². The predicted molar refractivity (Wildman–Crippen MR) is 127 cm³/mol. The number of hydrogen-bond donors (Lipinski definition) is 1. The normalized spacial score (nSPS) is 11.5. The Morgan fingerprint density at radius 2 is 1.73 bits per heavy atom. The van der Waals surface area contributed by atoms with Crippen LogP contribution in [0.3, 0.4) is 0 Å². The minimum Gasteiger partial charge on any atom is -0.452 e. The van der Waals surface area contributed by atoms with Gasteiger partial charge in [-0.3, -0.25) is 9.78 Å². The highest BCUT2D eigenvalue weighted by atomic mass is 32.2. The van der Waals surface area contributed by atoms with E-state index in [2.05, 4.69) is 10.3 Å². The van der Waals surface area contributed by atoms with Gasteiger partial charge in [0, 0.05) is 24.2 Å². The van der Waals surface area contributed by atoms with E-state index in [9.17, 15) is 18.0 Å². The van der Waals surface area contributed by atoms with E-state index in [-0.39, 0.29) is 4.90 Å². The van der Waals surface area contributed by atoms with E-state index in [4.69, 9.17) is 4.74 Å². The zero-order valence-corrected chi connectivity index (χ0v) is 19.9. The first-order valence-corrected chi connectivity index (χ1v) is 12.1. The number of pyridine rings is 1. The maximum absolute atomic E-state index is 12.7. The summed E-state index contributed by atoms with van der Waals surface area (Å²) in [7, 11) is -3.66. The SMILES string of the molecule is CCN(CC)S(=O)(=O)c1cccc(NC(=O)COC(=O)c2c(C)nc3ccccc3c2C)c1. The van der Waals surface area contributed by atoms with Gasteiger partial charge in [-0.25, -0.2) is 13.2 Å². The highest BCUT2D eigenvalue weighted by molar-refractivity contribution is 7.89. The molecule has 33 heavy (non-hydrogen) atoms. The van der Waals surface area contributed by atoms with Gasteiger partial charge in [-0.05, 0) is 43.7 Å². The van der Waals surface area contributed by atoms with E-state index < -0.39 is 28.5 Å². The van der Waals surface area contributed by atoms with E-state index in [1.165, 1.54) is 16.4 Å². The number of anilines is 1. The number of fused-ring (bicyclic) bond motifs is 1. The van der Waals surface area contributed by atoms with Crippen LogP contribution in [0.4, 0.5) is 5.69 Å². The molecule has 9 heteroatoms. The molecular formula is C24H27N3O5S. The lowest BCUT2D eigenvalue weighted by molar-refractivity contribution is -0.119. The molecule has 0 bridgehead atoms. The Morgan fingerprint density at radius 1 is 1.03 bits per heavy atom. The van der Waals surface area contributed by atoms with Crippen LogP contribution in [0.2, 0.25) is 0 Å². The molecule has 0 aliphatic heterocycles. The highest BCUT2D eigenvalue weighted by Crippen LogP contribution is 2.23. The first kappa shape index (κ1) is 24.3. The molecule has 0 aliphatic carbocycles. The number of hydrogen-bond acceptors (Lipinski definition) is 6. The van der Waals surface area contributed by atoms with Crippen molar-refractivity contribution < 1.29 is 22.7 Å². The number of esters is 1. The van der Waals surface area contributed by atoms with Gasteiger partial charge in [0.25, 0.3) is 5.91 Å². The first-order chi connectivity index (χ1) is 15.7. The third kappa shape index (κ3) is 5.20. The molecule has 0 fully saturated rings. The number of benzene rings is 2. The van der Waals surface area contributed by atoms with E-state index in [1.807, 2.05) is 31.2 Å². The van der Waals surface area contributed by atoms with Crippen molar-refractivity contribution in [1.82, 2.24) is 9.29 Å². The van der Waals surface area contributed by atoms with Crippen molar-refractivity contribution in [2.45, 2.75) is 32.6 Å². The molecule has 0 unspecified atom stereocenters. The molecule has 1 heterocycles. The third-order valence-electron chi connectivity index (χ3n) is 5.33. The smallest absolute Gasteiger partial charge is 0.340 e. The fraction of sp³-hybridized carbons (Fsp3) is 0.292. The quantitative estimate of drug-likeness (QED) is 0.505. The summed E-state index contributed by atoms with van der Waals surface area (Å²) in [6.07, 6.45) is 0. The van der Waals surface area contributed by atoms with Gasteiger partial charge in [0.15, 0.2) is 6.61 Å². The van der Waals surface area contributed by atoms with Crippen LogP contribution in [-0.2, 0) is 19.6 Å². The molecule has 3 aromatic rings. The Labute approximate surface area is 193 Å². The molecule has 0 spiro atoms. The van der Waals surface area contributed by atoms with Crippen molar-refractivity contribution in [2.24, 2.45) is 0 Å². The maximum atomic E-state index is 12.7. The van der Waals surface area contributed by atoms with E-state index in [0.717, 1.165) is 16.5 Å². The lowest BCUT2D eigenvalue weighted by Gasteiger charge is -2.18. The predicted octanol–water partition coefficient (Wildman–Crippen LogP) is 3.68. The van der Waals surface area contributed by atoms with Crippen LogP contribution in [0, 0.1) is 13.8 Å². The van der Waals surface area contributed by atoms with Gasteiger partial charge < -0.3 is 10.1 Å². The summed E-state index contributed by atoms with van der Waals surface area (Å²) in [6, 6.07) is 13.5. The third-order valence-corrected chi connectivity index (χ3v) is 7.38. The maximum Gasteiger partial charge on any atom is 0.340 e. The number of para-hydroxylation sites is 1. The van der Waals surface area contributed by atoms with Crippen molar-refractivity contribution >= 4 is 38.5 Å². The van der Waals surface area contributed by atoms with E-state index in [1.54, 1.807) is 32.9 Å². The Kier molecular flexibility index (Phi) is 7.45. The summed E-state index contributed by atoms with van der Waals surface area (Å²) in [4.78, 5) is 29.6. The number of nitrogens with one attached hydrogen (secondary N) is 1. The Hall–Kier alpha value is -3.30. The second-order valence-electron chi connectivity index (χ2n) is 7.46. The Balaban J connectivity index is 1.70. The van der Waals surface area contributed by atoms with Crippen molar-refractivity contribution in [3.05, 3.63) is 65.4 Å². The van der Waals surface area contributed by atoms with Crippen molar-refractivity contribution in [1.29, 1.82) is 0 Å². The van der Waals surface area contributed by atoms with Crippen molar-refractivity contribution in [2.75, 3.05) is 25.0 Å². The number of aromatic nitrogens is 1. The molecule has 0 aliphatic rings. The molecule has 2 aromatic carbocycles. The van der Waals surface area contributed by atoms with E-state index in [0.29, 0.717) is 30.0 Å². The van der Waals surface area contributed by atoms with Gasteiger partial charge in [-0.15, -0.1) is 0 Å². The monoisotopic (exact) mass is 469 g/mol. The molecule has 0 atom stereocenters. The highest BCUT2D eigenvalue weighted by Gasteiger charge is 2.22. The number of amides is 1. The number of sulfonamides is 1. The standard InChI is InChI=1S/C24H27N3O5S/c1-5-27(6-2)33(30,31)19-11-9-10-18(14-19)26-22(28)15-32-24(29)23-16(3)20-12-7-8-13-21(20)25-17(23)4/h7-14H,5-6,15H2,1-4H3,(H,26,28). The molecule has 174 valence electrons. The largest absolute Gasteiger partial charge is 0.452 e. The molecule has 0 radical (unpaired) electrons. The van der Waals surface area contributed by atoms with Crippen molar-refractivity contribution in [3.63, 3.8) is 0 Å². The molecule has 0 saturated carbocycles.